The van der Waals surface area contributed by atoms with E-state index in [0.717, 1.165) is 29.6 Å². The lowest BCUT2D eigenvalue weighted by atomic mass is 10.2. The average Bonchev–Trinajstić information content (AvgIpc) is 2.95. The number of rotatable bonds is 4. The van der Waals surface area contributed by atoms with Crippen LogP contribution >= 0.6 is 11.6 Å². The van der Waals surface area contributed by atoms with E-state index in [4.69, 9.17) is 16.1 Å². The summed E-state index contributed by atoms with van der Waals surface area (Å²) in [5.74, 6) is 1.29. The molecule has 0 radical (unpaired) electrons. The molecule has 0 spiro atoms. The standard InChI is InChI=1S/C12H14ClN7O/c1-4-5-7-8-9(20(3)18-7)10(16-11(13)15-8)17-12-14-6(2)21-19-12/h4-5H2,1-3H3,(H,15,16,17,19). The predicted molar refractivity (Wildman–Crippen MR) is 77.6 cm³/mol. The average molecular weight is 308 g/mol. The molecule has 21 heavy (non-hydrogen) atoms. The van der Waals surface area contributed by atoms with Crippen molar-refractivity contribution in [3.63, 3.8) is 0 Å². The van der Waals surface area contributed by atoms with E-state index in [1.807, 2.05) is 7.05 Å². The summed E-state index contributed by atoms with van der Waals surface area (Å²) in [6, 6.07) is 0. The summed E-state index contributed by atoms with van der Waals surface area (Å²) < 4.78 is 6.66. The van der Waals surface area contributed by atoms with Gasteiger partial charge in [0.25, 0.3) is 5.95 Å². The van der Waals surface area contributed by atoms with Crippen LogP contribution in [0.5, 0.6) is 0 Å². The van der Waals surface area contributed by atoms with Crippen molar-refractivity contribution in [1.82, 2.24) is 29.9 Å². The Morgan fingerprint density at radius 1 is 1.29 bits per heavy atom. The van der Waals surface area contributed by atoms with Crippen LogP contribution in [-0.2, 0) is 13.5 Å². The Balaban J connectivity index is 2.13. The quantitative estimate of drug-likeness (QED) is 0.739. The van der Waals surface area contributed by atoms with Crippen LogP contribution in [-0.4, -0.2) is 29.9 Å². The summed E-state index contributed by atoms with van der Waals surface area (Å²) in [5, 5.41) is 11.4. The zero-order chi connectivity index (χ0) is 15.0. The molecule has 0 unspecified atom stereocenters. The Morgan fingerprint density at radius 2 is 2.10 bits per heavy atom. The topological polar surface area (TPSA) is 94.6 Å². The molecule has 3 rings (SSSR count). The number of aryl methyl sites for hydroxylation is 3. The van der Waals surface area contributed by atoms with Crippen molar-refractivity contribution in [3.8, 4) is 0 Å². The Kier molecular flexibility index (Phi) is 3.46. The molecule has 0 fully saturated rings. The van der Waals surface area contributed by atoms with Gasteiger partial charge in [0.15, 0.2) is 5.82 Å². The van der Waals surface area contributed by atoms with Crippen LogP contribution < -0.4 is 5.32 Å². The van der Waals surface area contributed by atoms with E-state index < -0.39 is 0 Å². The molecule has 0 aliphatic heterocycles. The molecule has 0 saturated heterocycles. The van der Waals surface area contributed by atoms with E-state index in [-0.39, 0.29) is 5.28 Å². The number of aromatic nitrogens is 6. The molecule has 1 N–H and O–H groups in total. The molecule has 3 aromatic heterocycles. The summed E-state index contributed by atoms with van der Waals surface area (Å²) >= 11 is 6.01. The fourth-order valence-corrected chi connectivity index (χ4v) is 2.33. The first-order chi connectivity index (χ1) is 10.1. The zero-order valence-corrected chi connectivity index (χ0v) is 12.6. The number of hydrogen-bond donors (Lipinski definition) is 1. The highest BCUT2D eigenvalue weighted by Gasteiger charge is 2.17. The van der Waals surface area contributed by atoms with Crippen molar-refractivity contribution < 1.29 is 4.52 Å². The van der Waals surface area contributed by atoms with Crippen LogP contribution in [0.25, 0.3) is 11.0 Å². The van der Waals surface area contributed by atoms with Gasteiger partial charge in [0.05, 0.1) is 5.69 Å². The maximum atomic E-state index is 6.01. The molecule has 0 aliphatic rings. The Hall–Kier alpha value is -2.22. The number of fused-ring (bicyclic) bond motifs is 1. The SMILES string of the molecule is CCCc1nn(C)c2c(Nc3noc(C)n3)nc(Cl)nc12. The summed E-state index contributed by atoms with van der Waals surface area (Å²) in [4.78, 5) is 12.6. The summed E-state index contributed by atoms with van der Waals surface area (Å²) in [6.07, 6.45) is 1.80. The smallest absolute Gasteiger partial charge is 0.269 e. The van der Waals surface area contributed by atoms with Crippen molar-refractivity contribution in [1.29, 1.82) is 0 Å². The third kappa shape index (κ3) is 2.54. The summed E-state index contributed by atoms with van der Waals surface area (Å²) in [6.45, 7) is 3.80. The molecule has 3 heterocycles. The first kappa shape index (κ1) is 13.7. The van der Waals surface area contributed by atoms with Gasteiger partial charge < -0.3 is 9.84 Å². The lowest BCUT2D eigenvalue weighted by molar-refractivity contribution is 0.394. The van der Waals surface area contributed by atoms with Gasteiger partial charge in [-0.2, -0.15) is 15.1 Å². The minimum atomic E-state index is 0.149. The molecule has 8 nitrogen and oxygen atoms in total. The van der Waals surface area contributed by atoms with Crippen molar-refractivity contribution in [2.24, 2.45) is 7.05 Å². The van der Waals surface area contributed by atoms with Crippen molar-refractivity contribution in [3.05, 3.63) is 16.9 Å². The second-order valence-electron chi connectivity index (χ2n) is 4.62. The highest BCUT2D eigenvalue weighted by atomic mass is 35.5. The molecule has 110 valence electrons. The number of halogens is 1. The lowest BCUT2D eigenvalue weighted by Gasteiger charge is -2.04. The Bertz CT molecular complexity index is 794. The van der Waals surface area contributed by atoms with E-state index in [1.165, 1.54) is 0 Å². The Morgan fingerprint density at radius 3 is 2.76 bits per heavy atom. The largest absolute Gasteiger partial charge is 0.338 e. The van der Waals surface area contributed by atoms with Gasteiger partial charge in [0.1, 0.15) is 11.0 Å². The minimum absolute atomic E-state index is 0.149. The highest BCUT2D eigenvalue weighted by Crippen LogP contribution is 2.26. The first-order valence-corrected chi connectivity index (χ1v) is 6.92. The van der Waals surface area contributed by atoms with Gasteiger partial charge in [-0.3, -0.25) is 4.68 Å². The molecule has 0 aromatic carbocycles. The van der Waals surface area contributed by atoms with Crippen LogP contribution in [0.15, 0.2) is 4.52 Å². The number of nitrogens with zero attached hydrogens (tertiary/aromatic N) is 6. The van der Waals surface area contributed by atoms with E-state index in [1.54, 1.807) is 11.6 Å². The van der Waals surface area contributed by atoms with E-state index >= 15 is 0 Å². The molecule has 9 heteroatoms. The summed E-state index contributed by atoms with van der Waals surface area (Å²) in [7, 11) is 1.84. The van der Waals surface area contributed by atoms with Gasteiger partial charge in [0, 0.05) is 14.0 Å². The minimum Gasteiger partial charge on any atom is -0.338 e. The molecular weight excluding hydrogens is 294 g/mol. The number of anilines is 2. The van der Waals surface area contributed by atoms with E-state index in [0.29, 0.717) is 17.7 Å². The van der Waals surface area contributed by atoms with Crippen LogP contribution in [0, 0.1) is 6.92 Å². The molecule has 0 saturated carbocycles. The maximum absolute atomic E-state index is 6.01. The second kappa shape index (κ2) is 5.28. The van der Waals surface area contributed by atoms with Crippen LogP contribution in [0.2, 0.25) is 5.28 Å². The molecule has 0 bridgehead atoms. The van der Waals surface area contributed by atoms with E-state index in [2.05, 4.69) is 37.4 Å². The molecular formula is C12H14ClN7O. The second-order valence-corrected chi connectivity index (χ2v) is 4.96. The van der Waals surface area contributed by atoms with Crippen molar-refractivity contribution in [2.45, 2.75) is 26.7 Å². The predicted octanol–water partition coefficient (Wildman–Crippen LogP) is 2.40. The van der Waals surface area contributed by atoms with Gasteiger partial charge in [-0.05, 0) is 23.2 Å². The van der Waals surface area contributed by atoms with Gasteiger partial charge >= 0.3 is 0 Å². The van der Waals surface area contributed by atoms with Gasteiger partial charge in [-0.15, -0.1) is 0 Å². The monoisotopic (exact) mass is 307 g/mol. The molecule has 0 aliphatic carbocycles. The van der Waals surface area contributed by atoms with Gasteiger partial charge in [0.2, 0.25) is 11.2 Å². The fraction of sp³-hybridized carbons (Fsp3) is 0.417. The normalized spacial score (nSPS) is 11.2. The fourth-order valence-electron chi connectivity index (χ4n) is 2.16. The first-order valence-electron chi connectivity index (χ1n) is 6.55. The third-order valence-electron chi connectivity index (χ3n) is 2.97. The third-order valence-corrected chi connectivity index (χ3v) is 3.14. The van der Waals surface area contributed by atoms with Gasteiger partial charge in [-0.1, -0.05) is 13.3 Å². The molecule has 0 amide bonds. The molecule has 3 aromatic rings. The summed E-state index contributed by atoms with van der Waals surface area (Å²) in [5.41, 5.74) is 2.39. The van der Waals surface area contributed by atoms with Crippen molar-refractivity contribution >= 4 is 34.4 Å². The Labute approximate surface area is 125 Å². The van der Waals surface area contributed by atoms with Crippen LogP contribution in [0.1, 0.15) is 24.9 Å². The zero-order valence-electron chi connectivity index (χ0n) is 11.9. The van der Waals surface area contributed by atoms with Crippen molar-refractivity contribution in [2.75, 3.05) is 5.32 Å². The number of hydrogen-bond acceptors (Lipinski definition) is 7. The number of nitrogens with one attached hydrogen (secondary N) is 1. The van der Waals surface area contributed by atoms with Gasteiger partial charge in [-0.25, -0.2) is 4.98 Å². The van der Waals surface area contributed by atoms with Crippen LogP contribution in [0.4, 0.5) is 11.8 Å². The highest BCUT2D eigenvalue weighted by molar-refractivity contribution is 6.28. The maximum Gasteiger partial charge on any atom is 0.269 e. The lowest BCUT2D eigenvalue weighted by Crippen LogP contribution is -2.01. The van der Waals surface area contributed by atoms with E-state index in [9.17, 15) is 0 Å². The van der Waals surface area contributed by atoms with Crippen LogP contribution in [0.3, 0.4) is 0 Å². The molecule has 0 atom stereocenters.